The fraction of sp³-hybridized carbons (Fsp3) is 0.0625. The number of hydrogen-bond donors (Lipinski definition) is 1. The van der Waals surface area contributed by atoms with Crippen LogP contribution in [0, 0.1) is 6.92 Å². The highest BCUT2D eigenvalue weighted by molar-refractivity contribution is 7.91. The Balaban J connectivity index is 2.00. The van der Waals surface area contributed by atoms with Gasteiger partial charge < -0.3 is 0 Å². The monoisotopic (exact) mass is 391 g/mol. The highest BCUT2D eigenvalue weighted by Crippen LogP contribution is 2.30. The number of aryl methyl sites for hydroxylation is 1. The predicted octanol–water partition coefficient (Wildman–Crippen LogP) is 3.33. The van der Waals surface area contributed by atoms with Crippen LogP contribution in [0.4, 0.5) is 0 Å². The summed E-state index contributed by atoms with van der Waals surface area (Å²) in [5.41, 5.74) is 0.672. The van der Waals surface area contributed by atoms with Crippen LogP contribution in [0.3, 0.4) is 0 Å². The van der Waals surface area contributed by atoms with Gasteiger partial charge in [0.25, 0.3) is 0 Å². The molecule has 9 heteroatoms. The van der Waals surface area contributed by atoms with Gasteiger partial charge in [0.2, 0.25) is 20.3 Å². The molecule has 0 aliphatic heterocycles. The molecule has 6 nitrogen and oxygen atoms in total. The molecular formula is C16H10ClN3O3S2. The number of rotatable bonds is 2. The third kappa shape index (κ3) is 2.53. The first kappa shape index (κ1) is 16.2. The van der Waals surface area contributed by atoms with Crippen LogP contribution in [-0.2, 0) is 9.84 Å². The van der Waals surface area contributed by atoms with Crippen LogP contribution >= 0.6 is 22.9 Å². The average Bonchev–Trinajstić information content (AvgIpc) is 2.94. The van der Waals surface area contributed by atoms with Crippen molar-refractivity contribution in [2.24, 2.45) is 0 Å². The number of sulfone groups is 1. The van der Waals surface area contributed by atoms with Gasteiger partial charge in [-0.1, -0.05) is 11.6 Å². The standard InChI is InChI=1S/C16H10ClN3O3S2/c1-8-2-7-11-12-14(24-15(11)18-8)13(21)16(20-19-12)25(22,23)10-5-3-9(17)4-6-10/h2-7H,1H3,(H,19,21). The number of H-pyrrole nitrogens is 1. The molecule has 3 aromatic heterocycles. The topological polar surface area (TPSA) is 92.8 Å². The van der Waals surface area contributed by atoms with Gasteiger partial charge in [0.05, 0.1) is 10.4 Å². The van der Waals surface area contributed by atoms with Gasteiger partial charge in [-0.05, 0) is 43.3 Å². The molecule has 0 radical (unpaired) electrons. The predicted molar refractivity (Wildman–Crippen MR) is 97.2 cm³/mol. The Morgan fingerprint density at radius 3 is 2.56 bits per heavy atom. The number of thiophene rings is 1. The van der Waals surface area contributed by atoms with Gasteiger partial charge in [0.15, 0.2) is 0 Å². The van der Waals surface area contributed by atoms with Gasteiger partial charge in [-0.15, -0.1) is 11.3 Å². The van der Waals surface area contributed by atoms with E-state index in [1.807, 2.05) is 19.1 Å². The van der Waals surface area contributed by atoms with Crippen molar-refractivity contribution in [3.05, 3.63) is 57.3 Å². The van der Waals surface area contributed by atoms with E-state index in [1.54, 1.807) is 0 Å². The van der Waals surface area contributed by atoms with Crippen LogP contribution in [0.25, 0.3) is 20.4 Å². The molecule has 1 N–H and O–H groups in total. The van der Waals surface area contributed by atoms with Crippen LogP contribution in [0.1, 0.15) is 5.69 Å². The number of nitrogens with one attached hydrogen (secondary N) is 1. The molecule has 0 saturated heterocycles. The smallest absolute Gasteiger partial charge is 0.237 e. The van der Waals surface area contributed by atoms with Crippen molar-refractivity contribution in [1.29, 1.82) is 0 Å². The zero-order valence-electron chi connectivity index (χ0n) is 12.8. The Labute approximate surface area is 151 Å². The average molecular weight is 392 g/mol. The molecule has 4 aromatic rings. The maximum absolute atomic E-state index is 12.8. The Hall–Kier alpha value is -2.29. The van der Waals surface area contributed by atoms with E-state index >= 15 is 0 Å². The van der Waals surface area contributed by atoms with Crippen molar-refractivity contribution in [2.75, 3.05) is 0 Å². The lowest BCUT2D eigenvalue weighted by atomic mass is 10.3. The minimum Gasteiger partial charge on any atom is -0.285 e. The summed E-state index contributed by atoms with van der Waals surface area (Å²) >= 11 is 6.94. The number of aromatic nitrogens is 3. The van der Waals surface area contributed by atoms with Crippen LogP contribution < -0.4 is 5.43 Å². The normalized spacial score (nSPS) is 12.1. The molecule has 0 saturated carbocycles. The lowest BCUT2D eigenvalue weighted by Gasteiger charge is -2.03. The van der Waals surface area contributed by atoms with Crippen molar-refractivity contribution >= 4 is 53.2 Å². The van der Waals surface area contributed by atoms with E-state index < -0.39 is 20.3 Å². The fourth-order valence-corrected chi connectivity index (χ4v) is 5.03. The van der Waals surface area contributed by atoms with Gasteiger partial charge in [-0.25, -0.2) is 13.4 Å². The largest absolute Gasteiger partial charge is 0.285 e. The van der Waals surface area contributed by atoms with Crippen LogP contribution in [0.2, 0.25) is 5.02 Å². The summed E-state index contributed by atoms with van der Waals surface area (Å²) in [6, 6.07) is 9.25. The number of pyridine rings is 1. The second-order valence-corrected chi connectivity index (χ2v) is 8.73. The number of nitrogens with zero attached hydrogens (tertiary/aromatic N) is 2. The second kappa shape index (κ2) is 5.62. The maximum atomic E-state index is 12.8. The van der Waals surface area contributed by atoms with Crippen molar-refractivity contribution in [3.63, 3.8) is 0 Å². The molecule has 3 heterocycles. The van der Waals surface area contributed by atoms with E-state index in [-0.39, 0.29) is 9.60 Å². The molecule has 126 valence electrons. The van der Waals surface area contributed by atoms with Crippen LogP contribution in [0.5, 0.6) is 0 Å². The fourth-order valence-electron chi connectivity index (χ4n) is 2.50. The summed E-state index contributed by atoms with van der Waals surface area (Å²) in [7, 11) is -4.05. The zero-order chi connectivity index (χ0) is 17.8. The maximum Gasteiger partial charge on any atom is 0.237 e. The molecule has 0 unspecified atom stereocenters. The first-order chi connectivity index (χ1) is 11.9. The second-order valence-electron chi connectivity index (χ2n) is 5.43. The molecular weight excluding hydrogens is 382 g/mol. The van der Waals surface area contributed by atoms with Crippen LogP contribution in [0.15, 0.2) is 51.1 Å². The summed E-state index contributed by atoms with van der Waals surface area (Å²) < 4.78 is 25.8. The summed E-state index contributed by atoms with van der Waals surface area (Å²) in [5, 5.41) is 7.16. The lowest BCUT2D eigenvalue weighted by molar-refractivity contribution is 0.589. The van der Waals surface area contributed by atoms with Gasteiger partial charge in [-0.2, -0.15) is 5.10 Å². The number of benzene rings is 1. The molecule has 0 amide bonds. The van der Waals surface area contributed by atoms with E-state index in [1.165, 1.54) is 24.3 Å². The van der Waals surface area contributed by atoms with E-state index in [0.717, 1.165) is 22.4 Å². The van der Waals surface area contributed by atoms with E-state index in [4.69, 9.17) is 11.6 Å². The number of hydrogen-bond acceptors (Lipinski definition) is 6. The molecule has 0 bridgehead atoms. The molecule has 0 spiro atoms. The van der Waals surface area contributed by atoms with Gasteiger partial charge >= 0.3 is 0 Å². The lowest BCUT2D eigenvalue weighted by Crippen LogP contribution is -2.18. The molecule has 0 aliphatic rings. The third-order valence-electron chi connectivity index (χ3n) is 3.74. The highest BCUT2D eigenvalue weighted by Gasteiger charge is 2.25. The van der Waals surface area contributed by atoms with Gasteiger partial charge in [0.1, 0.15) is 9.53 Å². The molecule has 0 atom stereocenters. The molecule has 25 heavy (non-hydrogen) atoms. The van der Waals surface area contributed by atoms with Gasteiger partial charge in [-0.3, -0.25) is 9.89 Å². The van der Waals surface area contributed by atoms with Crippen molar-refractivity contribution in [2.45, 2.75) is 16.8 Å². The Morgan fingerprint density at radius 2 is 1.84 bits per heavy atom. The minimum atomic E-state index is -4.05. The molecule has 1 aromatic carbocycles. The van der Waals surface area contributed by atoms with E-state index in [0.29, 0.717) is 15.4 Å². The molecule has 0 fully saturated rings. The van der Waals surface area contributed by atoms with Crippen molar-refractivity contribution < 1.29 is 8.42 Å². The Kier molecular flexibility index (Phi) is 3.64. The Bertz CT molecular complexity index is 1290. The zero-order valence-corrected chi connectivity index (χ0v) is 15.2. The van der Waals surface area contributed by atoms with Crippen molar-refractivity contribution in [3.8, 4) is 0 Å². The minimum absolute atomic E-state index is 0.0377. The Morgan fingerprint density at radius 1 is 1.12 bits per heavy atom. The number of halogens is 1. The third-order valence-corrected chi connectivity index (χ3v) is 6.77. The van der Waals surface area contributed by atoms with E-state index in [2.05, 4.69) is 15.2 Å². The SMILES string of the molecule is Cc1ccc2c(n1)sc1c(=O)c(S(=O)(=O)c3ccc(Cl)cc3)n[nH]c12. The van der Waals surface area contributed by atoms with E-state index in [9.17, 15) is 13.2 Å². The first-order valence-electron chi connectivity index (χ1n) is 7.17. The summed E-state index contributed by atoms with van der Waals surface area (Å²) in [6.07, 6.45) is 0. The quantitative estimate of drug-likeness (QED) is 0.565. The first-order valence-corrected chi connectivity index (χ1v) is 9.85. The molecule has 4 rings (SSSR count). The summed E-state index contributed by atoms with van der Waals surface area (Å²) in [4.78, 5) is 17.8. The molecule has 0 aliphatic carbocycles. The van der Waals surface area contributed by atoms with Crippen LogP contribution in [-0.4, -0.2) is 23.6 Å². The highest BCUT2D eigenvalue weighted by atomic mass is 35.5. The number of fused-ring (bicyclic) bond motifs is 3. The van der Waals surface area contributed by atoms with Gasteiger partial charge in [0, 0.05) is 16.1 Å². The number of aromatic amines is 1. The van der Waals surface area contributed by atoms with Crippen molar-refractivity contribution in [1.82, 2.24) is 15.2 Å². The summed E-state index contributed by atoms with van der Waals surface area (Å²) in [6.45, 7) is 1.85. The summed E-state index contributed by atoms with van der Waals surface area (Å²) in [5.74, 6) is 0.